The van der Waals surface area contributed by atoms with Crippen molar-refractivity contribution >= 4 is 17.8 Å². The average molecular weight is 287 g/mol. The highest BCUT2D eigenvalue weighted by molar-refractivity contribution is 5.80. The zero-order valence-electron chi connectivity index (χ0n) is 11.5. The smallest absolute Gasteiger partial charge is 0.273 e. The Morgan fingerprint density at radius 1 is 1.38 bits per heavy atom. The summed E-state index contributed by atoms with van der Waals surface area (Å²) in [5.74, 6) is 0.636. The number of carbonyl (C=O) groups is 1. The Labute approximate surface area is 120 Å². The fraction of sp³-hybridized carbons (Fsp3) is 0.143. The van der Waals surface area contributed by atoms with E-state index >= 15 is 0 Å². The van der Waals surface area contributed by atoms with Gasteiger partial charge in [0.1, 0.15) is 11.5 Å². The van der Waals surface area contributed by atoms with E-state index in [9.17, 15) is 14.9 Å². The van der Waals surface area contributed by atoms with Gasteiger partial charge in [0.2, 0.25) is 5.91 Å². The minimum atomic E-state index is -0.430. The van der Waals surface area contributed by atoms with Crippen molar-refractivity contribution in [3.05, 3.63) is 51.8 Å². The highest BCUT2D eigenvalue weighted by Gasteiger charge is 2.13. The van der Waals surface area contributed by atoms with Crippen LogP contribution in [0.5, 0.6) is 0 Å². The molecule has 0 bridgehead atoms. The molecule has 0 aliphatic heterocycles. The van der Waals surface area contributed by atoms with Crippen molar-refractivity contribution in [2.24, 2.45) is 5.10 Å². The Morgan fingerprint density at radius 2 is 2.14 bits per heavy atom. The molecule has 0 spiro atoms. The highest BCUT2D eigenvalue weighted by Crippen LogP contribution is 2.27. The molecular weight excluding hydrogens is 274 g/mol. The molecule has 0 aliphatic carbocycles. The number of rotatable bonds is 4. The Morgan fingerprint density at radius 3 is 2.81 bits per heavy atom. The van der Waals surface area contributed by atoms with Crippen molar-refractivity contribution in [3.63, 3.8) is 0 Å². The summed E-state index contributed by atoms with van der Waals surface area (Å²) in [6.07, 6.45) is 1.35. The van der Waals surface area contributed by atoms with Gasteiger partial charge in [-0.3, -0.25) is 14.9 Å². The first-order valence-corrected chi connectivity index (χ1v) is 6.12. The molecule has 0 saturated heterocycles. The van der Waals surface area contributed by atoms with Crippen molar-refractivity contribution < 1.29 is 14.1 Å². The summed E-state index contributed by atoms with van der Waals surface area (Å²) in [6, 6.07) is 8.22. The van der Waals surface area contributed by atoms with Crippen LogP contribution in [-0.2, 0) is 4.79 Å². The predicted octanol–water partition coefficient (Wildman–Crippen LogP) is 2.63. The number of hydrogen-bond acceptors (Lipinski definition) is 5. The van der Waals surface area contributed by atoms with Crippen molar-refractivity contribution in [2.75, 3.05) is 0 Å². The number of nitro benzene ring substituents is 1. The molecule has 0 unspecified atom stereocenters. The molecule has 2 aromatic rings. The van der Waals surface area contributed by atoms with E-state index in [4.69, 9.17) is 4.42 Å². The molecule has 2 rings (SSSR count). The summed E-state index contributed by atoms with van der Waals surface area (Å²) in [5, 5.41) is 14.6. The van der Waals surface area contributed by atoms with Gasteiger partial charge in [-0.05, 0) is 19.1 Å². The minimum absolute atomic E-state index is 0.0392. The van der Waals surface area contributed by atoms with Crippen LogP contribution < -0.4 is 5.43 Å². The fourth-order valence-corrected chi connectivity index (χ4v) is 1.72. The van der Waals surface area contributed by atoms with Gasteiger partial charge < -0.3 is 4.42 Å². The zero-order valence-corrected chi connectivity index (χ0v) is 11.5. The Balaban J connectivity index is 2.25. The number of carbonyl (C=O) groups excluding carboxylic acids is 1. The number of nitrogens with zero attached hydrogens (tertiary/aromatic N) is 2. The number of hydrogen-bond donors (Lipinski definition) is 1. The molecule has 1 N–H and O–H groups in total. The van der Waals surface area contributed by atoms with Crippen molar-refractivity contribution in [3.8, 4) is 11.3 Å². The van der Waals surface area contributed by atoms with Crippen LogP contribution in [0, 0.1) is 17.0 Å². The van der Waals surface area contributed by atoms with Gasteiger partial charge in [-0.2, -0.15) is 5.10 Å². The van der Waals surface area contributed by atoms with Crippen molar-refractivity contribution in [1.29, 1.82) is 0 Å². The van der Waals surface area contributed by atoms with Crippen LogP contribution in [0.4, 0.5) is 5.69 Å². The lowest BCUT2D eigenvalue weighted by molar-refractivity contribution is -0.385. The van der Waals surface area contributed by atoms with Gasteiger partial charge >= 0.3 is 0 Å². The molecule has 108 valence electrons. The molecule has 7 heteroatoms. The number of amides is 1. The Kier molecular flexibility index (Phi) is 4.13. The second-order valence-electron chi connectivity index (χ2n) is 4.39. The maximum absolute atomic E-state index is 10.9. The second kappa shape index (κ2) is 6.00. The van der Waals surface area contributed by atoms with Crippen LogP contribution in [0.3, 0.4) is 0 Å². The van der Waals surface area contributed by atoms with E-state index in [1.807, 2.05) is 0 Å². The first-order chi connectivity index (χ1) is 9.97. The number of hydrazone groups is 1. The molecule has 0 aliphatic rings. The molecule has 1 aromatic heterocycles. The van der Waals surface area contributed by atoms with Crippen LogP contribution in [-0.4, -0.2) is 17.0 Å². The lowest BCUT2D eigenvalue weighted by atomic mass is 10.1. The minimum Gasteiger partial charge on any atom is -0.455 e. The summed E-state index contributed by atoms with van der Waals surface area (Å²) >= 11 is 0. The molecule has 0 radical (unpaired) electrons. The first kappa shape index (κ1) is 14.4. The number of nitro groups is 1. The third kappa shape index (κ3) is 3.53. The number of benzene rings is 1. The zero-order chi connectivity index (χ0) is 15.4. The lowest BCUT2D eigenvalue weighted by Gasteiger charge is -2.00. The molecule has 0 fully saturated rings. The predicted molar refractivity (Wildman–Crippen MR) is 76.9 cm³/mol. The normalized spacial score (nSPS) is 10.8. The fourth-order valence-electron chi connectivity index (χ4n) is 1.72. The second-order valence-corrected chi connectivity index (χ2v) is 4.39. The van der Waals surface area contributed by atoms with E-state index in [0.717, 1.165) is 0 Å². The van der Waals surface area contributed by atoms with Gasteiger partial charge in [0.25, 0.3) is 5.69 Å². The number of furan rings is 1. The largest absolute Gasteiger partial charge is 0.455 e. The standard InChI is InChI=1S/C14H13N3O4/c1-9-3-4-11(7-13(9)17(19)20)14-6-5-12(21-14)8-15-16-10(2)18/h3-8H,1-2H3,(H,16,18)/b15-8-. The maximum Gasteiger partial charge on any atom is 0.273 e. The maximum atomic E-state index is 10.9. The van der Waals surface area contributed by atoms with E-state index < -0.39 is 4.92 Å². The monoisotopic (exact) mass is 287 g/mol. The summed E-state index contributed by atoms with van der Waals surface area (Å²) in [5.41, 5.74) is 3.48. The first-order valence-electron chi connectivity index (χ1n) is 6.12. The molecule has 1 amide bonds. The summed E-state index contributed by atoms with van der Waals surface area (Å²) < 4.78 is 5.50. The summed E-state index contributed by atoms with van der Waals surface area (Å²) in [4.78, 5) is 21.2. The van der Waals surface area contributed by atoms with Gasteiger partial charge in [0, 0.05) is 24.1 Å². The van der Waals surface area contributed by atoms with E-state index in [2.05, 4.69) is 10.5 Å². The third-order valence-electron chi connectivity index (χ3n) is 2.73. The molecule has 21 heavy (non-hydrogen) atoms. The Bertz CT molecular complexity index is 719. The van der Waals surface area contributed by atoms with E-state index in [0.29, 0.717) is 22.6 Å². The molecule has 1 heterocycles. The quantitative estimate of drug-likeness (QED) is 0.531. The van der Waals surface area contributed by atoms with Crippen molar-refractivity contribution in [1.82, 2.24) is 5.43 Å². The van der Waals surface area contributed by atoms with Gasteiger partial charge in [0.15, 0.2) is 0 Å². The van der Waals surface area contributed by atoms with Gasteiger partial charge in [-0.25, -0.2) is 5.43 Å². The number of nitrogens with one attached hydrogen (secondary N) is 1. The van der Waals surface area contributed by atoms with Crippen LogP contribution in [0.2, 0.25) is 0 Å². The SMILES string of the molecule is CC(=O)N/N=C\c1ccc(-c2ccc(C)c([N+](=O)[O-])c2)o1. The van der Waals surface area contributed by atoms with Crippen LogP contribution in [0.1, 0.15) is 18.2 Å². The van der Waals surface area contributed by atoms with Crippen LogP contribution in [0.25, 0.3) is 11.3 Å². The molecule has 0 atom stereocenters. The van der Waals surface area contributed by atoms with E-state index in [-0.39, 0.29) is 11.6 Å². The van der Waals surface area contributed by atoms with E-state index in [1.54, 1.807) is 31.2 Å². The lowest BCUT2D eigenvalue weighted by Crippen LogP contribution is -2.12. The van der Waals surface area contributed by atoms with E-state index in [1.165, 1.54) is 19.2 Å². The molecule has 0 saturated carbocycles. The molecular formula is C14H13N3O4. The van der Waals surface area contributed by atoms with Crippen LogP contribution >= 0.6 is 0 Å². The number of aryl methyl sites for hydroxylation is 1. The van der Waals surface area contributed by atoms with Gasteiger partial charge in [0.05, 0.1) is 11.1 Å². The summed E-state index contributed by atoms with van der Waals surface area (Å²) in [7, 11) is 0. The molecule has 1 aromatic carbocycles. The Hall–Kier alpha value is -2.96. The summed E-state index contributed by atoms with van der Waals surface area (Å²) in [6.45, 7) is 3.02. The van der Waals surface area contributed by atoms with Crippen LogP contribution in [0.15, 0.2) is 39.9 Å². The third-order valence-corrected chi connectivity index (χ3v) is 2.73. The average Bonchev–Trinajstić information content (AvgIpc) is 2.87. The molecule has 7 nitrogen and oxygen atoms in total. The highest BCUT2D eigenvalue weighted by atomic mass is 16.6. The topological polar surface area (TPSA) is 97.7 Å². The van der Waals surface area contributed by atoms with Gasteiger partial charge in [-0.15, -0.1) is 0 Å². The van der Waals surface area contributed by atoms with Gasteiger partial charge in [-0.1, -0.05) is 12.1 Å². The van der Waals surface area contributed by atoms with Crippen molar-refractivity contribution in [2.45, 2.75) is 13.8 Å².